The van der Waals surface area contributed by atoms with Crippen LogP contribution in [0, 0.1) is 0 Å². The Labute approximate surface area is 409 Å². The molecule has 0 spiro atoms. The van der Waals surface area contributed by atoms with Gasteiger partial charge < -0.3 is 5.11 Å². The molecule has 0 aliphatic carbocycles. The number of aromatic nitrogens is 1. The molecule has 6 aromatic rings. The van der Waals surface area contributed by atoms with Crippen LogP contribution in [0.4, 0.5) is 105 Å². The Bertz CT molecular complexity index is 2650. The van der Waals surface area contributed by atoms with Gasteiger partial charge in [-0.2, -0.15) is 132 Å². The molecule has 76 heavy (non-hydrogen) atoms. The van der Waals surface area contributed by atoms with Crippen LogP contribution in [0.3, 0.4) is 0 Å². The first-order valence-corrected chi connectivity index (χ1v) is 20.5. The van der Waals surface area contributed by atoms with E-state index in [1.54, 1.807) is 53.2 Å². The van der Waals surface area contributed by atoms with Crippen LogP contribution in [-0.4, -0.2) is 29.4 Å². The highest BCUT2D eigenvalue weighted by molar-refractivity contribution is 7.20. The van der Waals surface area contributed by atoms with Gasteiger partial charge in [0.05, 0.1) is 44.5 Å². The fourth-order valence-electron chi connectivity index (χ4n) is 7.89. The van der Waals surface area contributed by atoms with E-state index in [2.05, 4.69) is 0 Å². The van der Waals surface area contributed by atoms with Gasteiger partial charge in [-0.3, -0.25) is 9.59 Å². The summed E-state index contributed by atoms with van der Waals surface area (Å²) in [7, 11) is 0. The van der Waals surface area contributed by atoms with Crippen molar-refractivity contribution in [3.63, 3.8) is 0 Å². The molecule has 6 rings (SSSR count). The van der Waals surface area contributed by atoms with Gasteiger partial charge in [0.1, 0.15) is 12.8 Å². The van der Waals surface area contributed by atoms with E-state index >= 15 is 0 Å². The smallest absolute Gasteiger partial charge is 0.388 e. The number of hydrogen-bond acceptors (Lipinski definition) is 3. The lowest BCUT2D eigenvalue weighted by Gasteiger charge is -2.46. The molecule has 1 N–H and O–H groups in total. The van der Waals surface area contributed by atoms with Crippen molar-refractivity contribution in [2.24, 2.45) is 0 Å². The van der Waals surface area contributed by atoms with Crippen LogP contribution in [0.2, 0.25) is 0 Å². The summed E-state index contributed by atoms with van der Waals surface area (Å²) in [5.41, 5.74) is -29.3. The van der Waals surface area contributed by atoms with Crippen LogP contribution in [0.1, 0.15) is 65.4 Å². The molecule has 0 fully saturated rings. The summed E-state index contributed by atoms with van der Waals surface area (Å²) >= 11 is 0. The molecule has 0 bridgehead atoms. The summed E-state index contributed by atoms with van der Waals surface area (Å²) < 4.78 is 342. The van der Waals surface area contributed by atoms with Crippen LogP contribution in [-0.2, 0) is 56.0 Å². The third-order valence-electron chi connectivity index (χ3n) is 11.2. The van der Waals surface area contributed by atoms with Crippen molar-refractivity contribution < 1.29 is 125 Å². The van der Waals surface area contributed by atoms with Crippen molar-refractivity contribution >= 4 is 39.6 Å². The van der Waals surface area contributed by atoms with Crippen molar-refractivity contribution in [2.45, 2.75) is 56.0 Å². The van der Waals surface area contributed by atoms with Gasteiger partial charge in [0.15, 0.2) is 6.20 Å². The Kier molecular flexibility index (Phi) is 16.4. The van der Waals surface area contributed by atoms with Gasteiger partial charge in [-0.15, -0.1) is 0 Å². The predicted octanol–water partition coefficient (Wildman–Crippen LogP) is 12.2. The van der Waals surface area contributed by atoms with Crippen molar-refractivity contribution in [1.29, 1.82) is 0 Å². The summed E-state index contributed by atoms with van der Waals surface area (Å²) in [6, 6.07) is 5.13. The molecule has 5 aromatic carbocycles. The molecule has 0 saturated carbocycles. The summed E-state index contributed by atoms with van der Waals surface area (Å²) in [5, 5.41) is 8.92. The molecule has 0 saturated heterocycles. The number of alkyl halides is 24. The average molecular weight is 1120 g/mol. The molecule has 0 radical (unpaired) electrons. The standard InChI is InChI=1S/C32H12BF24.C15H14NO3/c34-25(35,36)13-1-14(26(37,38)39)6-21(5-13)33(22-7-15(27(40,41)42)2-16(8-22)28(43,44)45,23-9-17(29(46,47)48)3-18(10-23)30(49,50)51)24-11-19(31(52,53)54)4-20(12-24)32(55,56)57;17-11-15(19)13-8-4-5-9-16(13)10-14(18)12-6-2-1-3-7-12/h1-12H;1-9,17H,10-11H2/q-1;+1. The van der Waals surface area contributed by atoms with Gasteiger partial charge in [-0.05, 0) is 30.3 Å². The molecular formula is C47H26BF24NO3. The molecule has 1 heterocycles. The molecule has 1 aromatic heterocycles. The van der Waals surface area contributed by atoms with Crippen LogP contribution in [0.25, 0.3) is 0 Å². The van der Waals surface area contributed by atoms with Crippen LogP contribution in [0.15, 0.2) is 128 Å². The lowest BCUT2D eigenvalue weighted by atomic mass is 9.12. The number of rotatable bonds is 9. The average Bonchev–Trinajstić information content (AvgIpc) is 3.29. The van der Waals surface area contributed by atoms with Crippen molar-refractivity contribution in [3.05, 3.63) is 183 Å². The minimum atomic E-state index is -6.13. The zero-order valence-corrected chi connectivity index (χ0v) is 36.9. The van der Waals surface area contributed by atoms with E-state index in [4.69, 9.17) is 5.11 Å². The lowest BCUT2D eigenvalue weighted by Crippen LogP contribution is -2.75. The van der Waals surface area contributed by atoms with Gasteiger partial charge in [-0.1, -0.05) is 78.9 Å². The maximum Gasteiger partial charge on any atom is 0.416 e. The second-order valence-electron chi connectivity index (χ2n) is 16.3. The highest BCUT2D eigenvalue weighted by atomic mass is 19.4. The molecule has 0 aliphatic rings. The largest absolute Gasteiger partial charge is 0.416 e. The summed E-state index contributed by atoms with van der Waals surface area (Å²) in [5.74, 6) is -0.481. The summed E-state index contributed by atoms with van der Waals surface area (Å²) in [4.78, 5) is 23.7. The number of ketones is 2. The van der Waals surface area contributed by atoms with Crippen molar-refractivity contribution in [1.82, 2.24) is 0 Å². The third kappa shape index (κ3) is 13.7. The van der Waals surface area contributed by atoms with E-state index in [1.165, 1.54) is 0 Å². The predicted molar refractivity (Wildman–Crippen MR) is 219 cm³/mol. The molecule has 4 nitrogen and oxygen atoms in total. The number of hydrogen-bond donors (Lipinski definition) is 1. The van der Waals surface area contributed by atoms with E-state index in [0.717, 1.165) is 0 Å². The van der Waals surface area contributed by atoms with Gasteiger partial charge in [-0.25, -0.2) is 0 Å². The number of aliphatic hydroxyl groups is 1. The Morgan fingerprint density at radius 2 is 0.605 bits per heavy atom. The number of halogens is 24. The van der Waals surface area contributed by atoms with E-state index in [9.17, 15) is 115 Å². The number of pyridine rings is 1. The number of nitrogens with zero attached hydrogens (tertiary/aromatic N) is 1. The number of carbonyl (C=O) groups excluding carboxylic acids is 2. The maximum absolute atomic E-state index is 14.2. The van der Waals surface area contributed by atoms with E-state index in [1.807, 2.05) is 6.07 Å². The monoisotopic (exact) mass is 1120 g/mol. The van der Waals surface area contributed by atoms with Crippen LogP contribution in [0.5, 0.6) is 0 Å². The highest BCUT2D eigenvalue weighted by Gasteiger charge is 2.47. The van der Waals surface area contributed by atoms with Crippen molar-refractivity contribution in [3.8, 4) is 0 Å². The highest BCUT2D eigenvalue weighted by Crippen LogP contribution is 2.41. The fourth-order valence-corrected chi connectivity index (χ4v) is 7.89. The van der Waals surface area contributed by atoms with E-state index in [-0.39, 0.29) is 12.3 Å². The molecule has 29 heteroatoms. The zero-order valence-electron chi connectivity index (χ0n) is 36.9. The Morgan fingerprint density at radius 1 is 0.355 bits per heavy atom. The van der Waals surface area contributed by atoms with E-state index < -0.39 is 207 Å². The molecule has 0 aliphatic heterocycles. The Hall–Kier alpha value is -7.07. The van der Waals surface area contributed by atoms with E-state index in [0.29, 0.717) is 11.3 Å². The number of aliphatic hydroxyl groups excluding tert-OH is 1. The molecular weight excluding hydrogens is 1090 g/mol. The molecule has 0 amide bonds. The first-order chi connectivity index (χ1) is 34.5. The normalized spacial score (nSPS) is 13.3. The summed E-state index contributed by atoms with van der Waals surface area (Å²) in [6.07, 6.45) is -53.1. The molecule has 0 atom stereocenters. The lowest BCUT2D eigenvalue weighted by molar-refractivity contribution is -0.685. The number of benzene rings is 5. The first kappa shape index (κ1) is 59.8. The fraction of sp³-hybridized carbons (Fsp3) is 0.213. The van der Waals surface area contributed by atoms with Gasteiger partial charge in [0, 0.05) is 17.7 Å². The van der Waals surface area contributed by atoms with Crippen LogP contribution < -0.4 is 26.4 Å². The number of carbonyl (C=O) groups is 2. The second-order valence-corrected chi connectivity index (χ2v) is 16.3. The minimum absolute atomic E-state index is 0.0753. The Morgan fingerprint density at radius 3 is 0.842 bits per heavy atom. The minimum Gasteiger partial charge on any atom is -0.388 e. The van der Waals surface area contributed by atoms with Gasteiger partial charge in [0.2, 0.25) is 12.3 Å². The van der Waals surface area contributed by atoms with Crippen LogP contribution >= 0.6 is 0 Å². The second kappa shape index (κ2) is 20.8. The maximum atomic E-state index is 14.2. The number of Topliss-reactive ketones (excluding diaryl/α,β-unsaturated/α-hetero) is 2. The first-order valence-electron chi connectivity index (χ1n) is 20.5. The van der Waals surface area contributed by atoms with Gasteiger partial charge >= 0.3 is 49.4 Å². The molecule has 0 unspecified atom stereocenters. The summed E-state index contributed by atoms with van der Waals surface area (Å²) in [6.45, 7) is -0.491. The zero-order chi connectivity index (χ0) is 57.6. The topological polar surface area (TPSA) is 58.2 Å². The SMILES string of the molecule is FC(F)(F)c1cc([B-](c2cc(C(F)(F)F)cc(C(F)(F)F)c2)(c2cc(C(F)(F)F)cc(C(F)(F)F)c2)c2cc(C(F)(F)F)cc(C(F)(F)F)c2)cc(C(F)(F)F)c1.O=C(C[n+]1ccccc1C(=O)CO)c1ccccc1. The van der Waals surface area contributed by atoms with Gasteiger partial charge in [0.25, 0.3) is 11.5 Å². The van der Waals surface area contributed by atoms with Crippen molar-refractivity contribution in [2.75, 3.05) is 6.61 Å². The third-order valence-corrected chi connectivity index (χ3v) is 11.2. The Balaban J connectivity index is 0.000000468. The molecule has 408 valence electrons. The quantitative estimate of drug-likeness (QED) is 0.0679.